The van der Waals surface area contributed by atoms with Crippen molar-refractivity contribution in [3.05, 3.63) is 71.6 Å². The number of hydrogen-bond donors (Lipinski definition) is 0. The summed E-state index contributed by atoms with van der Waals surface area (Å²) in [7, 11) is 0. The molecule has 1 unspecified atom stereocenters. The van der Waals surface area contributed by atoms with E-state index in [0.29, 0.717) is 30.7 Å². The van der Waals surface area contributed by atoms with Crippen LogP contribution in [0.25, 0.3) is 0 Å². The van der Waals surface area contributed by atoms with Crippen molar-refractivity contribution in [1.29, 1.82) is 0 Å². The molecule has 34 heavy (non-hydrogen) atoms. The summed E-state index contributed by atoms with van der Waals surface area (Å²) in [5.41, 5.74) is -1.26. The Morgan fingerprint density at radius 2 is 1.85 bits per heavy atom. The Kier molecular flexibility index (Phi) is 7.53. The Labute approximate surface area is 198 Å². The maximum atomic E-state index is 14.1. The van der Waals surface area contributed by atoms with Gasteiger partial charge in [-0.3, -0.25) is 9.79 Å². The maximum absolute atomic E-state index is 14.1. The molecule has 1 aromatic rings. The summed E-state index contributed by atoms with van der Waals surface area (Å²) in [4.78, 5) is 20.0. The van der Waals surface area contributed by atoms with Crippen molar-refractivity contribution in [3.8, 4) is 0 Å². The zero-order valence-electron chi connectivity index (χ0n) is 20.1. The van der Waals surface area contributed by atoms with E-state index in [2.05, 4.69) is 20.4 Å². The number of amides is 1. The minimum Gasteiger partial charge on any atom is -0.306 e. The van der Waals surface area contributed by atoms with Crippen molar-refractivity contribution >= 4 is 11.6 Å². The fourth-order valence-electron chi connectivity index (χ4n) is 4.90. The van der Waals surface area contributed by atoms with E-state index in [4.69, 9.17) is 4.99 Å². The minimum absolute atomic E-state index is 0.105. The zero-order chi connectivity index (χ0) is 25.3. The minimum atomic E-state index is -4.73. The lowest BCUT2D eigenvalue weighted by molar-refractivity contribution is -0.138. The highest BCUT2D eigenvalue weighted by Crippen LogP contribution is 2.45. The highest BCUT2D eigenvalue weighted by molar-refractivity contribution is 6.46. The van der Waals surface area contributed by atoms with Gasteiger partial charge in [-0.15, -0.1) is 0 Å². The summed E-state index contributed by atoms with van der Waals surface area (Å²) < 4.78 is 54.1. The van der Waals surface area contributed by atoms with Gasteiger partial charge in [-0.25, -0.2) is 4.39 Å². The van der Waals surface area contributed by atoms with Crippen LogP contribution in [0.4, 0.5) is 17.6 Å². The van der Waals surface area contributed by atoms with Crippen LogP contribution in [-0.4, -0.2) is 28.2 Å². The Balaban J connectivity index is 2.03. The number of carbonyl (C=O) groups excluding carboxylic acids is 1. The van der Waals surface area contributed by atoms with Crippen LogP contribution in [0.2, 0.25) is 0 Å². The lowest BCUT2D eigenvalue weighted by atomic mass is 9.76. The van der Waals surface area contributed by atoms with Crippen molar-refractivity contribution in [1.82, 2.24) is 4.90 Å². The van der Waals surface area contributed by atoms with Crippen molar-refractivity contribution < 1.29 is 22.4 Å². The molecule has 184 valence electrons. The summed E-state index contributed by atoms with van der Waals surface area (Å²) >= 11 is 0. The molecule has 1 heterocycles. The van der Waals surface area contributed by atoms with Crippen molar-refractivity contribution in [2.75, 3.05) is 0 Å². The SMILES string of the molecule is C=C/C(C)=C\C=C\C(C)N1C(=O)C(c2cc(F)cc(C(F)(F)F)c2)=NC12CCC(C(C)C)CC2. The van der Waals surface area contributed by atoms with E-state index >= 15 is 0 Å². The number of aliphatic imine (C=N–C) groups is 1. The van der Waals surface area contributed by atoms with Crippen molar-refractivity contribution in [2.45, 2.75) is 71.3 Å². The molecule has 1 saturated carbocycles. The molecule has 0 radical (unpaired) electrons. The average molecular weight is 477 g/mol. The van der Waals surface area contributed by atoms with E-state index in [9.17, 15) is 22.4 Å². The Morgan fingerprint density at radius 3 is 2.41 bits per heavy atom. The Bertz CT molecular complexity index is 1030. The molecule has 0 aromatic heterocycles. The molecule has 1 aliphatic heterocycles. The number of allylic oxidation sites excluding steroid dienone is 4. The van der Waals surface area contributed by atoms with E-state index in [1.807, 2.05) is 32.1 Å². The molecule has 1 spiro atoms. The van der Waals surface area contributed by atoms with Gasteiger partial charge in [0, 0.05) is 5.56 Å². The van der Waals surface area contributed by atoms with Gasteiger partial charge in [0.1, 0.15) is 17.2 Å². The second-order valence-electron chi connectivity index (χ2n) is 9.67. The molecule has 7 heteroatoms. The van der Waals surface area contributed by atoms with Crippen LogP contribution >= 0.6 is 0 Å². The molecule has 2 aliphatic rings. The number of hydrogen-bond acceptors (Lipinski definition) is 2. The van der Waals surface area contributed by atoms with Crippen molar-refractivity contribution in [3.63, 3.8) is 0 Å². The topological polar surface area (TPSA) is 32.7 Å². The third kappa shape index (κ3) is 5.34. The summed E-state index contributed by atoms with van der Waals surface area (Å²) in [5, 5.41) is 0. The van der Waals surface area contributed by atoms with E-state index in [0.717, 1.165) is 30.5 Å². The average Bonchev–Trinajstić information content (AvgIpc) is 3.04. The van der Waals surface area contributed by atoms with E-state index in [1.165, 1.54) is 0 Å². The first-order valence-corrected chi connectivity index (χ1v) is 11.7. The van der Waals surface area contributed by atoms with Crippen LogP contribution in [0.3, 0.4) is 0 Å². The normalized spacial score (nSPS) is 24.9. The Hall–Kier alpha value is -2.70. The third-order valence-corrected chi connectivity index (χ3v) is 6.94. The number of alkyl halides is 3. The number of rotatable bonds is 6. The van der Waals surface area contributed by atoms with Gasteiger partial charge >= 0.3 is 6.18 Å². The Morgan fingerprint density at radius 1 is 1.21 bits per heavy atom. The van der Waals surface area contributed by atoms with Gasteiger partial charge < -0.3 is 4.90 Å². The molecule has 1 amide bonds. The summed E-state index contributed by atoms with van der Waals surface area (Å²) in [6.45, 7) is 11.8. The number of nitrogens with zero attached hydrogens (tertiary/aromatic N) is 2. The van der Waals surface area contributed by atoms with Gasteiger partial charge in [0.2, 0.25) is 0 Å². The molecular formula is C27H32F4N2O. The lowest BCUT2D eigenvalue weighted by Crippen LogP contribution is -2.52. The molecule has 1 aromatic carbocycles. The van der Waals surface area contributed by atoms with Gasteiger partial charge in [-0.1, -0.05) is 50.3 Å². The predicted octanol–water partition coefficient (Wildman–Crippen LogP) is 7.10. The largest absolute Gasteiger partial charge is 0.416 e. The second kappa shape index (κ2) is 9.88. The van der Waals surface area contributed by atoms with Crippen LogP contribution in [0, 0.1) is 17.7 Å². The van der Waals surface area contributed by atoms with Crippen LogP contribution in [0.5, 0.6) is 0 Å². The molecule has 0 bridgehead atoms. The standard InChI is InChI=1S/C27H32F4N2O/c1-6-18(4)8-7-9-19(5)33-25(34)24(21-14-22(27(29,30)31)16-23(28)15-21)32-26(33)12-10-20(11-13-26)17(2)3/h6-9,14-17,19-20H,1,10-13H2,2-5H3/b9-7+,18-8-. The molecule has 3 rings (SSSR count). The van der Waals surface area contributed by atoms with Crippen LogP contribution in [-0.2, 0) is 11.0 Å². The summed E-state index contributed by atoms with van der Waals surface area (Å²) in [5.74, 6) is -0.525. The fraction of sp³-hybridized carbons (Fsp3) is 0.481. The fourth-order valence-corrected chi connectivity index (χ4v) is 4.90. The van der Waals surface area contributed by atoms with Crippen LogP contribution in [0.1, 0.15) is 64.5 Å². The van der Waals surface area contributed by atoms with Gasteiger partial charge in [0.15, 0.2) is 0 Å². The number of halogens is 4. The highest BCUT2D eigenvalue weighted by atomic mass is 19.4. The molecule has 0 N–H and O–H groups in total. The van der Waals surface area contributed by atoms with Crippen LogP contribution < -0.4 is 0 Å². The van der Waals surface area contributed by atoms with Gasteiger partial charge in [0.05, 0.1) is 11.6 Å². The van der Waals surface area contributed by atoms with Gasteiger partial charge in [-0.2, -0.15) is 13.2 Å². The summed E-state index contributed by atoms with van der Waals surface area (Å²) in [6, 6.07) is 1.85. The first-order chi connectivity index (χ1) is 15.9. The quantitative estimate of drug-likeness (QED) is 0.319. The van der Waals surface area contributed by atoms with Gasteiger partial charge in [-0.05, 0) is 69.6 Å². The van der Waals surface area contributed by atoms with E-state index in [1.54, 1.807) is 11.0 Å². The lowest BCUT2D eigenvalue weighted by Gasteiger charge is -2.44. The van der Waals surface area contributed by atoms with Crippen LogP contribution in [0.15, 0.2) is 59.6 Å². The number of benzene rings is 1. The third-order valence-electron chi connectivity index (χ3n) is 6.94. The molecule has 1 fully saturated rings. The molecule has 0 saturated heterocycles. The predicted molar refractivity (Wildman–Crippen MR) is 127 cm³/mol. The van der Waals surface area contributed by atoms with Gasteiger partial charge in [0.25, 0.3) is 5.91 Å². The zero-order valence-corrected chi connectivity index (χ0v) is 20.1. The van der Waals surface area contributed by atoms with E-state index in [-0.39, 0.29) is 17.3 Å². The smallest absolute Gasteiger partial charge is 0.306 e. The molecule has 3 nitrogen and oxygen atoms in total. The van der Waals surface area contributed by atoms with E-state index < -0.39 is 29.1 Å². The molecule has 1 aliphatic carbocycles. The maximum Gasteiger partial charge on any atom is 0.416 e. The second-order valence-corrected chi connectivity index (χ2v) is 9.67. The number of carbonyl (C=O) groups is 1. The first kappa shape index (κ1) is 25.9. The molecular weight excluding hydrogens is 444 g/mol. The highest BCUT2D eigenvalue weighted by Gasteiger charge is 2.50. The molecule has 1 atom stereocenters. The first-order valence-electron chi connectivity index (χ1n) is 11.7. The van der Waals surface area contributed by atoms with Crippen molar-refractivity contribution in [2.24, 2.45) is 16.8 Å². The summed E-state index contributed by atoms with van der Waals surface area (Å²) in [6.07, 6.45) is 5.53. The monoisotopic (exact) mass is 476 g/mol.